The number of hydrogen-bond donors (Lipinski definition) is 1. The number of aryl methyl sites for hydroxylation is 2. The summed E-state index contributed by atoms with van der Waals surface area (Å²) in [7, 11) is 0. The van der Waals surface area contributed by atoms with Gasteiger partial charge in [0.25, 0.3) is 5.91 Å². The van der Waals surface area contributed by atoms with Gasteiger partial charge in [-0.3, -0.25) is 15.1 Å². The molecule has 1 saturated heterocycles. The van der Waals surface area contributed by atoms with Crippen LogP contribution >= 0.6 is 11.3 Å². The highest BCUT2D eigenvalue weighted by Gasteiger charge is 2.20. The van der Waals surface area contributed by atoms with E-state index < -0.39 is 0 Å². The first-order chi connectivity index (χ1) is 13.5. The minimum Gasteiger partial charge on any atom is -0.376 e. The predicted molar refractivity (Wildman–Crippen MR) is 109 cm³/mol. The Morgan fingerprint density at radius 1 is 1.32 bits per heavy atom. The van der Waals surface area contributed by atoms with Gasteiger partial charge in [0.05, 0.1) is 23.7 Å². The fraction of sp³-hybridized carbons (Fsp3) is 0.400. The van der Waals surface area contributed by atoms with E-state index in [2.05, 4.69) is 44.7 Å². The van der Waals surface area contributed by atoms with Gasteiger partial charge in [-0.1, -0.05) is 0 Å². The van der Waals surface area contributed by atoms with Crippen LogP contribution in [0.3, 0.4) is 0 Å². The lowest BCUT2D eigenvalue weighted by Gasteiger charge is -2.14. The quantitative estimate of drug-likeness (QED) is 0.709. The maximum Gasteiger partial charge on any atom is 0.277 e. The van der Waals surface area contributed by atoms with E-state index in [1.807, 2.05) is 12.3 Å². The molecule has 1 atom stereocenters. The molecule has 1 N–H and O–H groups in total. The first-order valence-electron chi connectivity index (χ1n) is 9.35. The molecule has 0 spiro atoms. The number of nitrogens with one attached hydrogen (secondary N) is 1. The molecule has 4 rings (SSSR count). The molecule has 0 radical (unpaired) electrons. The van der Waals surface area contributed by atoms with Crippen LogP contribution in [-0.4, -0.2) is 38.1 Å². The van der Waals surface area contributed by atoms with E-state index in [4.69, 9.17) is 4.74 Å². The van der Waals surface area contributed by atoms with Crippen molar-refractivity contribution in [3.05, 3.63) is 46.6 Å². The van der Waals surface area contributed by atoms with Crippen molar-refractivity contribution in [2.75, 3.05) is 11.9 Å². The van der Waals surface area contributed by atoms with Crippen molar-refractivity contribution in [2.24, 2.45) is 0 Å². The van der Waals surface area contributed by atoms with Crippen LogP contribution < -0.4 is 5.32 Å². The van der Waals surface area contributed by atoms with Gasteiger partial charge in [0.15, 0.2) is 5.13 Å². The van der Waals surface area contributed by atoms with E-state index in [1.54, 1.807) is 6.20 Å². The molecule has 0 aromatic carbocycles. The minimum atomic E-state index is -0.308. The zero-order valence-corrected chi connectivity index (χ0v) is 17.0. The first-order valence-corrected chi connectivity index (χ1v) is 10.2. The maximum absolute atomic E-state index is 12.3. The number of carbonyl (C=O) groups excluding carboxylic acids is 1. The van der Waals surface area contributed by atoms with Gasteiger partial charge in [0.2, 0.25) is 0 Å². The lowest BCUT2D eigenvalue weighted by atomic mass is 10.2. The Morgan fingerprint density at radius 2 is 2.18 bits per heavy atom. The van der Waals surface area contributed by atoms with Crippen molar-refractivity contribution in [3.63, 3.8) is 0 Å². The fourth-order valence-corrected chi connectivity index (χ4v) is 4.16. The monoisotopic (exact) mass is 397 g/mol. The van der Waals surface area contributed by atoms with E-state index in [-0.39, 0.29) is 11.6 Å². The van der Waals surface area contributed by atoms with Crippen molar-refractivity contribution in [3.8, 4) is 11.3 Å². The predicted octanol–water partition coefficient (Wildman–Crippen LogP) is 3.76. The topological polar surface area (TPSA) is 81.9 Å². The van der Waals surface area contributed by atoms with Crippen molar-refractivity contribution < 1.29 is 9.53 Å². The Hall–Kier alpha value is -2.58. The average molecular weight is 398 g/mol. The van der Waals surface area contributed by atoms with E-state index in [0.717, 1.165) is 42.9 Å². The van der Waals surface area contributed by atoms with Crippen LogP contribution in [0, 0.1) is 20.8 Å². The number of thiazole rings is 1. The Bertz CT molecular complexity index is 987. The normalized spacial score (nSPS) is 16.5. The molecule has 0 saturated carbocycles. The fourth-order valence-electron chi connectivity index (χ4n) is 3.46. The highest BCUT2D eigenvalue weighted by Crippen LogP contribution is 2.31. The maximum atomic E-state index is 12.3. The van der Waals surface area contributed by atoms with Crippen LogP contribution in [0.1, 0.15) is 40.4 Å². The number of anilines is 1. The summed E-state index contributed by atoms with van der Waals surface area (Å²) in [6.07, 6.45) is 5.58. The average Bonchev–Trinajstić information content (AvgIpc) is 3.40. The Morgan fingerprint density at radius 3 is 2.89 bits per heavy atom. The van der Waals surface area contributed by atoms with Crippen LogP contribution in [0.5, 0.6) is 0 Å². The zero-order chi connectivity index (χ0) is 19.7. The molecule has 28 heavy (non-hydrogen) atoms. The molecule has 8 heteroatoms. The lowest BCUT2D eigenvalue weighted by Crippen LogP contribution is -2.16. The Balaban J connectivity index is 1.51. The van der Waals surface area contributed by atoms with Crippen molar-refractivity contribution >= 4 is 22.4 Å². The molecule has 1 amide bonds. The van der Waals surface area contributed by atoms with Gasteiger partial charge in [-0.05, 0) is 39.7 Å². The molecule has 0 bridgehead atoms. The van der Waals surface area contributed by atoms with Crippen molar-refractivity contribution in [1.29, 1.82) is 0 Å². The molecular weight excluding hydrogens is 374 g/mol. The summed E-state index contributed by atoms with van der Waals surface area (Å²) in [6.45, 7) is 7.78. The second-order valence-electron chi connectivity index (χ2n) is 7.07. The summed E-state index contributed by atoms with van der Waals surface area (Å²) in [5, 5.41) is 5.32. The largest absolute Gasteiger partial charge is 0.376 e. The molecular formula is C20H23N5O2S. The van der Waals surface area contributed by atoms with Crippen LogP contribution in [0.4, 0.5) is 5.13 Å². The third-order valence-electron chi connectivity index (χ3n) is 5.00. The highest BCUT2D eigenvalue weighted by atomic mass is 32.1. The van der Waals surface area contributed by atoms with Crippen LogP contribution in [-0.2, 0) is 11.3 Å². The second-order valence-corrected chi connectivity index (χ2v) is 7.92. The van der Waals surface area contributed by atoms with Crippen LogP contribution in [0.15, 0.2) is 23.8 Å². The van der Waals surface area contributed by atoms with Gasteiger partial charge >= 0.3 is 0 Å². The number of rotatable bonds is 5. The number of aromatic nitrogens is 4. The van der Waals surface area contributed by atoms with E-state index >= 15 is 0 Å². The summed E-state index contributed by atoms with van der Waals surface area (Å²) in [4.78, 5) is 25.1. The molecule has 0 aliphatic carbocycles. The molecule has 146 valence electrons. The SMILES string of the molecule is Cc1cnc(C(=O)Nc2nc(-c3cc(C)n(C[C@@H]4CCCO4)c3C)cs2)cn1. The lowest BCUT2D eigenvalue weighted by molar-refractivity contribution is 0.0962. The summed E-state index contributed by atoms with van der Waals surface area (Å²) < 4.78 is 8.08. The molecule has 1 aliphatic heterocycles. The van der Waals surface area contributed by atoms with Crippen molar-refractivity contribution in [1.82, 2.24) is 19.5 Å². The summed E-state index contributed by atoms with van der Waals surface area (Å²) in [5.41, 5.74) is 5.35. The summed E-state index contributed by atoms with van der Waals surface area (Å²) in [6, 6.07) is 2.15. The number of amides is 1. The van der Waals surface area contributed by atoms with Crippen LogP contribution in [0.2, 0.25) is 0 Å². The molecule has 1 aliphatic rings. The van der Waals surface area contributed by atoms with Gasteiger partial charge in [-0.15, -0.1) is 11.3 Å². The van der Waals surface area contributed by atoms with Crippen molar-refractivity contribution in [2.45, 2.75) is 46.3 Å². The molecule has 3 aromatic heterocycles. The zero-order valence-electron chi connectivity index (χ0n) is 16.2. The van der Waals surface area contributed by atoms with Gasteiger partial charge < -0.3 is 9.30 Å². The van der Waals surface area contributed by atoms with Crippen LogP contribution in [0.25, 0.3) is 11.3 Å². The molecule has 4 heterocycles. The molecule has 0 unspecified atom stereocenters. The number of nitrogens with zero attached hydrogens (tertiary/aromatic N) is 4. The second kappa shape index (κ2) is 7.81. The van der Waals surface area contributed by atoms with Gasteiger partial charge in [0.1, 0.15) is 5.69 Å². The molecule has 1 fully saturated rings. The first kappa shape index (κ1) is 18.8. The summed E-state index contributed by atoms with van der Waals surface area (Å²) in [5.74, 6) is -0.308. The summed E-state index contributed by atoms with van der Waals surface area (Å²) >= 11 is 1.40. The Labute approximate surface area is 167 Å². The van der Waals surface area contributed by atoms with Gasteiger partial charge in [0, 0.05) is 41.7 Å². The van der Waals surface area contributed by atoms with E-state index in [0.29, 0.717) is 11.2 Å². The number of ether oxygens (including phenoxy) is 1. The number of hydrogen-bond acceptors (Lipinski definition) is 6. The third-order valence-corrected chi connectivity index (χ3v) is 5.76. The Kier molecular flexibility index (Phi) is 5.23. The molecule has 3 aromatic rings. The van der Waals surface area contributed by atoms with E-state index in [9.17, 15) is 4.79 Å². The highest BCUT2D eigenvalue weighted by molar-refractivity contribution is 7.14. The van der Waals surface area contributed by atoms with Gasteiger partial charge in [-0.25, -0.2) is 9.97 Å². The van der Waals surface area contributed by atoms with E-state index in [1.165, 1.54) is 28.9 Å². The molecule has 7 nitrogen and oxygen atoms in total. The smallest absolute Gasteiger partial charge is 0.277 e. The number of carbonyl (C=O) groups is 1. The van der Waals surface area contributed by atoms with Gasteiger partial charge in [-0.2, -0.15) is 0 Å². The third kappa shape index (κ3) is 3.83. The standard InChI is InChI=1S/C20H23N5O2S/c1-12-8-22-17(9-21-12)19(26)24-20-23-18(11-28-20)16-7-13(2)25(14(16)3)10-15-5-4-6-27-15/h7-9,11,15H,4-6,10H2,1-3H3,(H,23,24,26)/t15-/m0/s1. The minimum absolute atomic E-state index is 0.275.